The van der Waals surface area contributed by atoms with Gasteiger partial charge in [-0.3, -0.25) is 19.4 Å². The van der Waals surface area contributed by atoms with Crippen LogP contribution in [0.5, 0.6) is 5.75 Å². The summed E-state index contributed by atoms with van der Waals surface area (Å²) in [6.45, 7) is 1.74. The van der Waals surface area contributed by atoms with Crippen molar-refractivity contribution in [2.45, 2.75) is 25.7 Å². The Morgan fingerprint density at radius 1 is 0.861 bits per heavy atom. The summed E-state index contributed by atoms with van der Waals surface area (Å²) in [5, 5.41) is 16.3. The molecular formula is C28H30N4O4. The van der Waals surface area contributed by atoms with Crippen molar-refractivity contribution < 1.29 is 19.5 Å². The monoisotopic (exact) mass is 486 g/mol. The Morgan fingerprint density at radius 2 is 1.64 bits per heavy atom. The average molecular weight is 487 g/mol. The van der Waals surface area contributed by atoms with E-state index in [-0.39, 0.29) is 23.5 Å². The molecule has 0 saturated heterocycles. The fraction of sp³-hybridized carbons (Fsp3) is 0.286. The van der Waals surface area contributed by atoms with Gasteiger partial charge in [0.25, 0.3) is 11.8 Å². The summed E-state index contributed by atoms with van der Waals surface area (Å²) in [5.74, 6) is -0.276. The second-order valence-corrected chi connectivity index (χ2v) is 8.77. The van der Waals surface area contributed by atoms with Crippen LogP contribution in [0.4, 0.5) is 0 Å². The molecule has 8 nitrogen and oxygen atoms in total. The van der Waals surface area contributed by atoms with E-state index in [0.717, 1.165) is 11.1 Å². The van der Waals surface area contributed by atoms with E-state index in [1.165, 1.54) is 0 Å². The Balaban J connectivity index is 1.53. The second kappa shape index (κ2) is 12.0. The smallest absolute Gasteiger partial charge is 0.253 e. The molecule has 3 N–H and O–H groups in total. The normalized spacial score (nSPS) is 15.6. The molecule has 186 valence electrons. The maximum Gasteiger partial charge on any atom is 0.253 e. The lowest BCUT2D eigenvalue weighted by molar-refractivity contribution is -0.121. The summed E-state index contributed by atoms with van der Waals surface area (Å²) < 4.78 is 0. The van der Waals surface area contributed by atoms with Gasteiger partial charge in [0, 0.05) is 61.7 Å². The molecular weight excluding hydrogens is 456 g/mol. The second-order valence-electron chi connectivity index (χ2n) is 8.77. The molecule has 0 fully saturated rings. The number of carbonyl (C=O) groups is 3. The number of aromatic hydroxyl groups is 1. The third kappa shape index (κ3) is 6.47. The molecule has 0 spiro atoms. The van der Waals surface area contributed by atoms with E-state index in [4.69, 9.17) is 0 Å². The van der Waals surface area contributed by atoms with Crippen molar-refractivity contribution in [3.63, 3.8) is 0 Å². The van der Waals surface area contributed by atoms with E-state index in [0.29, 0.717) is 68.6 Å². The first-order valence-electron chi connectivity index (χ1n) is 12.2. The van der Waals surface area contributed by atoms with Crippen LogP contribution in [-0.4, -0.2) is 58.9 Å². The lowest BCUT2D eigenvalue weighted by Gasteiger charge is -2.23. The molecule has 3 amide bonds. The highest BCUT2D eigenvalue weighted by Crippen LogP contribution is 2.30. The molecule has 1 aliphatic heterocycles. The molecule has 0 atom stereocenters. The van der Waals surface area contributed by atoms with Gasteiger partial charge in [-0.2, -0.15) is 0 Å². The number of hydrogen-bond acceptors (Lipinski definition) is 5. The van der Waals surface area contributed by atoms with Crippen LogP contribution in [0.1, 0.15) is 45.5 Å². The van der Waals surface area contributed by atoms with Gasteiger partial charge in [-0.15, -0.1) is 0 Å². The average Bonchev–Trinajstić information content (AvgIpc) is 2.90. The predicted molar refractivity (Wildman–Crippen MR) is 137 cm³/mol. The van der Waals surface area contributed by atoms with Gasteiger partial charge in [0.05, 0.1) is 0 Å². The molecule has 0 aliphatic carbocycles. The number of nitrogens with one attached hydrogen (secondary N) is 2. The summed E-state index contributed by atoms with van der Waals surface area (Å²) in [5.41, 5.74) is 3.37. The van der Waals surface area contributed by atoms with E-state index < -0.39 is 0 Å². The molecule has 0 unspecified atom stereocenters. The van der Waals surface area contributed by atoms with Crippen molar-refractivity contribution in [3.05, 3.63) is 83.7 Å². The SMILES string of the molecule is O=C1CCCN(C(=O)c2ccncc2)CCCNC(=O)c2cccc(c2)-c2cc(ccc2O)CCN1. The standard InChI is InChI=1S/C28H30N4O4/c33-25-8-7-20-9-15-30-26(34)6-2-16-32(28(36)21-10-13-29-14-11-21)17-3-12-31-27(35)23-5-1-4-22(19-23)24(25)18-20/h1,4-5,7-8,10-11,13-14,18-19,33H,2-3,6,9,12,15-17H2,(H,30,34)(H,31,35). The Bertz CT molecular complexity index is 1230. The lowest BCUT2D eigenvalue weighted by Crippen LogP contribution is -2.36. The number of pyridine rings is 1. The highest BCUT2D eigenvalue weighted by atomic mass is 16.3. The Hall–Kier alpha value is -4.20. The zero-order valence-electron chi connectivity index (χ0n) is 20.1. The summed E-state index contributed by atoms with van der Waals surface area (Å²) in [7, 11) is 0. The van der Waals surface area contributed by atoms with Crippen molar-refractivity contribution in [1.29, 1.82) is 0 Å². The van der Waals surface area contributed by atoms with E-state index in [2.05, 4.69) is 15.6 Å². The van der Waals surface area contributed by atoms with Gasteiger partial charge in [0.15, 0.2) is 0 Å². The molecule has 8 heteroatoms. The summed E-state index contributed by atoms with van der Waals surface area (Å²) in [4.78, 5) is 43.9. The molecule has 2 aromatic carbocycles. The van der Waals surface area contributed by atoms with Crippen LogP contribution >= 0.6 is 0 Å². The summed E-state index contributed by atoms with van der Waals surface area (Å²) in [6.07, 6.45) is 5.17. The molecule has 2 heterocycles. The van der Waals surface area contributed by atoms with Crippen molar-refractivity contribution in [1.82, 2.24) is 20.5 Å². The van der Waals surface area contributed by atoms with E-state index in [1.54, 1.807) is 53.7 Å². The number of phenolic OH excluding ortho intramolecular Hbond substituents is 1. The third-order valence-corrected chi connectivity index (χ3v) is 6.17. The van der Waals surface area contributed by atoms with E-state index in [1.807, 2.05) is 18.2 Å². The zero-order valence-corrected chi connectivity index (χ0v) is 20.1. The quantitative estimate of drug-likeness (QED) is 0.489. The van der Waals surface area contributed by atoms with Gasteiger partial charge >= 0.3 is 0 Å². The van der Waals surface area contributed by atoms with Crippen molar-refractivity contribution in [3.8, 4) is 16.9 Å². The van der Waals surface area contributed by atoms with Crippen LogP contribution in [0, 0.1) is 0 Å². The number of phenols is 1. The number of nitrogens with zero attached hydrogens (tertiary/aromatic N) is 2. The van der Waals surface area contributed by atoms with Gasteiger partial charge in [0.2, 0.25) is 5.91 Å². The predicted octanol–water partition coefficient (Wildman–Crippen LogP) is 3.17. The number of amides is 3. The lowest BCUT2D eigenvalue weighted by atomic mass is 9.98. The minimum absolute atomic E-state index is 0.0665. The van der Waals surface area contributed by atoms with Crippen LogP contribution in [0.25, 0.3) is 11.1 Å². The largest absolute Gasteiger partial charge is 0.507 e. The van der Waals surface area contributed by atoms with Gasteiger partial charge in [-0.05, 0) is 66.8 Å². The highest BCUT2D eigenvalue weighted by molar-refractivity contribution is 5.96. The molecule has 36 heavy (non-hydrogen) atoms. The molecule has 4 bridgehead atoms. The Labute approximate surface area is 210 Å². The van der Waals surface area contributed by atoms with Crippen molar-refractivity contribution in [2.24, 2.45) is 0 Å². The molecule has 4 rings (SSSR count). The van der Waals surface area contributed by atoms with Gasteiger partial charge in [0.1, 0.15) is 5.75 Å². The highest BCUT2D eigenvalue weighted by Gasteiger charge is 2.17. The van der Waals surface area contributed by atoms with Crippen molar-refractivity contribution >= 4 is 17.7 Å². The number of hydrogen-bond donors (Lipinski definition) is 3. The van der Waals surface area contributed by atoms with Gasteiger partial charge in [-0.1, -0.05) is 18.2 Å². The minimum atomic E-state index is -0.216. The maximum atomic E-state index is 13.0. The van der Waals surface area contributed by atoms with Crippen LogP contribution in [-0.2, 0) is 11.2 Å². The maximum absolute atomic E-state index is 13.0. The molecule has 0 radical (unpaired) electrons. The fourth-order valence-electron chi connectivity index (χ4n) is 4.23. The number of rotatable bonds is 1. The first-order valence-corrected chi connectivity index (χ1v) is 12.2. The number of carbonyl (C=O) groups excluding carboxylic acids is 3. The van der Waals surface area contributed by atoms with Gasteiger partial charge < -0.3 is 20.6 Å². The fourth-order valence-corrected chi connectivity index (χ4v) is 4.23. The summed E-state index contributed by atoms with van der Waals surface area (Å²) in [6, 6.07) is 15.8. The Kier molecular flexibility index (Phi) is 8.28. The zero-order chi connectivity index (χ0) is 25.3. The Morgan fingerprint density at radius 3 is 2.47 bits per heavy atom. The van der Waals surface area contributed by atoms with Gasteiger partial charge in [-0.25, -0.2) is 0 Å². The van der Waals surface area contributed by atoms with E-state index in [9.17, 15) is 19.5 Å². The molecule has 1 aliphatic rings. The number of fused-ring (bicyclic) bond motifs is 5. The first kappa shape index (κ1) is 24.9. The third-order valence-electron chi connectivity index (χ3n) is 6.17. The number of aromatic nitrogens is 1. The van der Waals surface area contributed by atoms with Crippen LogP contribution < -0.4 is 10.6 Å². The van der Waals surface area contributed by atoms with Crippen LogP contribution in [0.2, 0.25) is 0 Å². The minimum Gasteiger partial charge on any atom is -0.507 e. The molecule has 0 saturated carbocycles. The van der Waals surface area contributed by atoms with Crippen LogP contribution in [0.3, 0.4) is 0 Å². The van der Waals surface area contributed by atoms with Crippen LogP contribution in [0.15, 0.2) is 67.0 Å². The topological polar surface area (TPSA) is 112 Å². The number of benzene rings is 2. The molecule has 3 aromatic rings. The summed E-state index contributed by atoms with van der Waals surface area (Å²) >= 11 is 0. The van der Waals surface area contributed by atoms with E-state index >= 15 is 0 Å². The van der Waals surface area contributed by atoms with Crippen molar-refractivity contribution in [2.75, 3.05) is 26.2 Å². The molecule has 1 aromatic heterocycles. The first-order chi connectivity index (χ1) is 17.5.